The van der Waals surface area contributed by atoms with Gasteiger partial charge in [-0.1, -0.05) is 0 Å². The van der Waals surface area contributed by atoms with E-state index in [4.69, 9.17) is 9.15 Å². The number of carbonyl (C=O) groups excluding carboxylic acids is 1. The van der Waals surface area contributed by atoms with Crippen LogP contribution < -0.4 is 10.2 Å². The van der Waals surface area contributed by atoms with E-state index in [0.29, 0.717) is 22.3 Å². The third-order valence-corrected chi connectivity index (χ3v) is 3.78. The van der Waals surface area contributed by atoms with Crippen molar-refractivity contribution in [3.63, 3.8) is 0 Å². The molecule has 2 aromatic rings. The van der Waals surface area contributed by atoms with Gasteiger partial charge in [0.05, 0.1) is 18.1 Å². The molecule has 0 spiro atoms. The number of fused-ring (bicyclic) bond motifs is 1. The largest absolute Gasteiger partial charge is 0.497 e. The third kappa shape index (κ3) is 3.67. The highest BCUT2D eigenvalue weighted by Crippen LogP contribution is 2.19. The molecule has 1 aromatic carbocycles. The Morgan fingerprint density at radius 1 is 1.21 bits per heavy atom. The Balaban J connectivity index is 2.34. The number of hydrogen-bond donors (Lipinski definition) is 0. The van der Waals surface area contributed by atoms with Crippen LogP contribution in [0.1, 0.15) is 33.3 Å². The molecule has 0 aliphatic heterocycles. The first-order valence-corrected chi connectivity index (χ1v) is 7.95. The van der Waals surface area contributed by atoms with E-state index in [1.165, 1.54) is 18.4 Å². The normalized spacial score (nSPS) is 11.6. The molecular weight excluding hydrogens is 306 g/mol. The maximum atomic E-state index is 12.5. The average Bonchev–Trinajstić information content (AvgIpc) is 2.53. The van der Waals surface area contributed by atoms with Gasteiger partial charge < -0.3 is 14.1 Å². The molecule has 1 heterocycles. The highest BCUT2D eigenvalue weighted by Gasteiger charge is 2.17. The van der Waals surface area contributed by atoms with E-state index in [2.05, 4.69) is 0 Å². The molecule has 0 saturated carbocycles. The molecule has 0 N–H and O–H groups in total. The molecule has 0 radical (unpaired) electrons. The SMILES string of the molecule is COc1ccc2c(=O)c(/C=C/C(=O)N(C(C)C)C(C)C)coc2c1. The lowest BCUT2D eigenvalue weighted by molar-refractivity contribution is -0.129. The molecule has 128 valence electrons. The van der Waals surface area contributed by atoms with E-state index < -0.39 is 0 Å². The molecule has 0 atom stereocenters. The lowest BCUT2D eigenvalue weighted by Gasteiger charge is -2.29. The van der Waals surface area contributed by atoms with E-state index in [0.717, 1.165) is 0 Å². The molecule has 2 rings (SSSR count). The van der Waals surface area contributed by atoms with Crippen LogP contribution in [0.15, 0.2) is 39.7 Å². The van der Waals surface area contributed by atoms with E-state index in [-0.39, 0.29) is 23.4 Å². The average molecular weight is 329 g/mol. The van der Waals surface area contributed by atoms with Gasteiger partial charge in [-0.25, -0.2) is 0 Å². The van der Waals surface area contributed by atoms with Gasteiger partial charge in [0.1, 0.15) is 17.6 Å². The lowest BCUT2D eigenvalue weighted by Crippen LogP contribution is -2.41. The fourth-order valence-electron chi connectivity index (χ4n) is 2.72. The number of ether oxygens (including phenoxy) is 1. The van der Waals surface area contributed by atoms with Crippen molar-refractivity contribution in [1.29, 1.82) is 0 Å². The summed E-state index contributed by atoms with van der Waals surface area (Å²) in [7, 11) is 1.55. The number of rotatable bonds is 5. The highest BCUT2D eigenvalue weighted by atomic mass is 16.5. The first-order valence-electron chi connectivity index (χ1n) is 7.95. The Hall–Kier alpha value is -2.56. The highest BCUT2D eigenvalue weighted by molar-refractivity contribution is 5.92. The molecule has 24 heavy (non-hydrogen) atoms. The minimum Gasteiger partial charge on any atom is -0.497 e. The summed E-state index contributed by atoms with van der Waals surface area (Å²) in [5, 5.41) is 0.454. The monoisotopic (exact) mass is 329 g/mol. The zero-order valence-corrected chi connectivity index (χ0v) is 14.7. The Morgan fingerprint density at radius 3 is 2.46 bits per heavy atom. The number of carbonyl (C=O) groups is 1. The summed E-state index contributed by atoms with van der Waals surface area (Å²) in [6.07, 6.45) is 4.29. The van der Waals surface area contributed by atoms with Crippen LogP contribution in [0.2, 0.25) is 0 Å². The number of hydrogen-bond acceptors (Lipinski definition) is 4. The first-order chi connectivity index (χ1) is 11.3. The second kappa shape index (κ2) is 7.34. The zero-order valence-electron chi connectivity index (χ0n) is 14.7. The maximum absolute atomic E-state index is 12.5. The van der Waals surface area contributed by atoms with Crippen LogP contribution in [0.3, 0.4) is 0 Å². The van der Waals surface area contributed by atoms with Crippen LogP contribution >= 0.6 is 0 Å². The van der Waals surface area contributed by atoms with Gasteiger partial charge in [-0.05, 0) is 45.9 Å². The second-order valence-electron chi connectivity index (χ2n) is 6.15. The molecule has 1 aromatic heterocycles. The molecule has 5 nitrogen and oxygen atoms in total. The van der Waals surface area contributed by atoms with Crippen LogP contribution in [-0.2, 0) is 4.79 Å². The maximum Gasteiger partial charge on any atom is 0.247 e. The van der Waals surface area contributed by atoms with Gasteiger partial charge in [0, 0.05) is 24.2 Å². The molecule has 0 aliphatic rings. The van der Waals surface area contributed by atoms with Gasteiger partial charge in [0.15, 0.2) is 5.43 Å². The van der Waals surface area contributed by atoms with Crippen LogP contribution in [0.5, 0.6) is 5.75 Å². The topological polar surface area (TPSA) is 59.8 Å². The minimum atomic E-state index is -0.177. The minimum absolute atomic E-state index is 0.0858. The van der Waals surface area contributed by atoms with E-state index in [9.17, 15) is 9.59 Å². The fraction of sp³-hybridized carbons (Fsp3) is 0.368. The zero-order chi connectivity index (χ0) is 17.9. The Kier molecular flexibility index (Phi) is 5.44. The number of amides is 1. The Labute approximate surface area is 141 Å². The molecule has 0 fully saturated rings. The smallest absolute Gasteiger partial charge is 0.247 e. The summed E-state index contributed by atoms with van der Waals surface area (Å²) in [5.41, 5.74) is 0.617. The lowest BCUT2D eigenvalue weighted by atomic mass is 10.1. The van der Waals surface area contributed by atoms with Crippen LogP contribution in [-0.4, -0.2) is 30.0 Å². The van der Waals surface area contributed by atoms with Crippen LogP contribution in [0.25, 0.3) is 17.0 Å². The molecule has 1 amide bonds. The van der Waals surface area contributed by atoms with Crippen molar-refractivity contribution < 1.29 is 13.9 Å². The van der Waals surface area contributed by atoms with Gasteiger partial charge in [0.2, 0.25) is 5.91 Å². The molecule has 0 unspecified atom stereocenters. The van der Waals surface area contributed by atoms with E-state index in [1.807, 2.05) is 27.7 Å². The molecule has 0 aliphatic carbocycles. The summed E-state index contributed by atoms with van der Waals surface area (Å²) in [5.74, 6) is 0.489. The standard InChI is InChI=1S/C19H23NO4/c1-12(2)20(13(3)4)18(21)9-6-14-11-24-17-10-15(23-5)7-8-16(17)19(14)22/h6-13H,1-5H3/b9-6+. The number of benzene rings is 1. The van der Waals surface area contributed by atoms with E-state index >= 15 is 0 Å². The second-order valence-corrected chi connectivity index (χ2v) is 6.15. The summed E-state index contributed by atoms with van der Waals surface area (Å²) in [6.45, 7) is 7.85. The van der Waals surface area contributed by atoms with Crippen molar-refractivity contribution in [3.05, 3.63) is 46.3 Å². The van der Waals surface area contributed by atoms with Crippen molar-refractivity contribution in [2.45, 2.75) is 39.8 Å². The van der Waals surface area contributed by atoms with Crippen molar-refractivity contribution in [3.8, 4) is 5.75 Å². The first kappa shape index (κ1) is 17.8. The molecule has 0 saturated heterocycles. The van der Waals surface area contributed by atoms with Crippen molar-refractivity contribution in [2.24, 2.45) is 0 Å². The summed E-state index contributed by atoms with van der Waals surface area (Å²) < 4.78 is 10.6. The quantitative estimate of drug-likeness (QED) is 0.788. The molecule has 0 bridgehead atoms. The van der Waals surface area contributed by atoms with Crippen molar-refractivity contribution >= 4 is 23.0 Å². The predicted molar refractivity (Wildman–Crippen MR) is 95.2 cm³/mol. The van der Waals surface area contributed by atoms with Crippen molar-refractivity contribution in [2.75, 3.05) is 7.11 Å². The number of nitrogens with zero attached hydrogens (tertiary/aromatic N) is 1. The van der Waals surface area contributed by atoms with E-state index in [1.54, 1.807) is 30.2 Å². The van der Waals surface area contributed by atoms with Gasteiger partial charge >= 0.3 is 0 Å². The van der Waals surface area contributed by atoms with Crippen LogP contribution in [0.4, 0.5) is 0 Å². The Bertz CT molecular complexity index is 810. The summed E-state index contributed by atoms with van der Waals surface area (Å²) >= 11 is 0. The van der Waals surface area contributed by atoms with Gasteiger partial charge in [-0.3, -0.25) is 9.59 Å². The molecule has 5 heteroatoms. The van der Waals surface area contributed by atoms with Crippen molar-refractivity contribution in [1.82, 2.24) is 4.90 Å². The third-order valence-electron chi connectivity index (χ3n) is 3.78. The van der Waals surface area contributed by atoms with Gasteiger partial charge in [0.25, 0.3) is 0 Å². The summed E-state index contributed by atoms with van der Waals surface area (Å²) in [4.78, 5) is 26.6. The number of methoxy groups -OCH3 is 1. The fourth-order valence-corrected chi connectivity index (χ4v) is 2.72. The predicted octanol–water partition coefficient (Wildman–Crippen LogP) is 3.46. The summed E-state index contributed by atoms with van der Waals surface area (Å²) in [6, 6.07) is 5.20. The van der Waals surface area contributed by atoms with Crippen LogP contribution in [0, 0.1) is 0 Å². The van der Waals surface area contributed by atoms with Gasteiger partial charge in [-0.15, -0.1) is 0 Å². The van der Waals surface area contributed by atoms with Gasteiger partial charge in [-0.2, -0.15) is 0 Å². The molecular formula is C19H23NO4. The Morgan fingerprint density at radius 2 is 1.88 bits per heavy atom.